The van der Waals surface area contributed by atoms with Gasteiger partial charge in [0.05, 0.1) is 0 Å². The standard InChI is InChI=1S/C19H30N2/c1-14(2)12-20-10-5-11-21-13-18-17-9-8-15-6-3-4-7-16(15)19(17)18/h3-4,6-7,14,17-21H,5,8-13H2,1-2H3. The average Bonchev–Trinajstić information content (AvgIpc) is 3.20. The van der Waals surface area contributed by atoms with Crippen LogP contribution in [0.15, 0.2) is 24.3 Å². The maximum Gasteiger partial charge on any atom is -0.00117 e. The Morgan fingerprint density at radius 1 is 1.14 bits per heavy atom. The van der Waals surface area contributed by atoms with Crippen molar-refractivity contribution < 1.29 is 0 Å². The van der Waals surface area contributed by atoms with E-state index in [1.807, 2.05) is 0 Å². The topological polar surface area (TPSA) is 24.1 Å². The van der Waals surface area contributed by atoms with Crippen molar-refractivity contribution in [2.75, 3.05) is 26.2 Å². The number of rotatable bonds is 8. The van der Waals surface area contributed by atoms with Gasteiger partial charge < -0.3 is 10.6 Å². The first-order chi connectivity index (χ1) is 10.3. The molecule has 116 valence electrons. The number of fused-ring (bicyclic) bond motifs is 3. The van der Waals surface area contributed by atoms with Crippen molar-refractivity contribution in [3.8, 4) is 0 Å². The molecule has 1 aromatic carbocycles. The zero-order valence-electron chi connectivity index (χ0n) is 13.6. The molecule has 0 heterocycles. The van der Waals surface area contributed by atoms with E-state index in [-0.39, 0.29) is 0 Å². The van der Waals surface area contributed by atoms with Gasteiger partial charge in [0.15, 0.2) is 0 Å². The SMILES string of the molecule is CC(C)CNCCCNCC1C2CCc3ccccc3C21. The van der Waals surface area contributed by atoms with Crippen molar-refractivity contribution in [1.82, 2.24) is 10.6 Å². The number of nitrogens with one attached hydrogen (secondary N) is 2. The van der Waals surface area contributed by atoms with Gasteiger partial charge in [0.1, 0.15) is 0 Å². The monoisotopic (exact) mass is 286 g/mol. The summed E-state index contributed by atoms with van der Waals surface area (Å²) in [5, 5.41) is 7.19. The molecule has 3 unspecified atom stereocenters. The highest BCUT2D eigenvalue weighted by molar-refractivity contribution is 5.39. The zero-order chi connectivity index (χ0) is 14.7. The van der Waals surface area contributed by atoms with Crippen molar-refractivity contribution in [2.24, 2.45) is 17.8 Å². The molecule has 0 amide bonds. The molecule has 0 spiro atoms. The van der Waals surface area contributed by atoms with Gasteiger partial charge in [-0.1, -0.05) is 38.1 Å². The average molecular weight is 286 g/mol. The summed E-state index contributed by atoms with van der Waals surface area (Å²) in [6.45, 7) is 9.18. The third-order valence-electron chi connectivity index (χ3n) is 5.13. The molecular weight excluding hydrogens is 256 g/mol. The van der Waals surface area contributed by atoms with Crippen LogP contribution >= 0.6 is 0 Å². The maximum atomic E-state index is 3.68. The van der Waals surface area contributed by atoms with E-state index in [0.29, 0.717) is 0 Å². The molecule has 21 heavy (non-hydrogen) atoms. The van der Waals surface area contributed by atoms with Crippen LogP contribution in [-0.2, 0) is 6.42 Å². The summed E-state index contributed by atoms with van der Waals surface area (Å²) >= 11 is 0. The molecule has 3 atom stereocenters. The van der Waals surface area contributed by atoms with Crippen LogP contribution in [0.3, 0.4) is 0 Å². The molecular formula is C19H30N2. The Morgan fingerprint density at radius 3 is 2.81 bits per heavy atom. The van der Waals surface area contributed by atoms with Crippen LogP contribution in [0, 0.1) is 17.8 Å². The van der Waals surface area contributed by atoms with Crippen LogP contribution in [-0.4, -0.2) is 26.2 Å². The first-order valence-electron chi connectivity index (χ1n) is 8.76. The summed E-state index contributed by atoms with van der Waals surface area (Å²) in [4.78, 5) is 0. The lowest BCUT2D eigenvalue weighted by Gasteiger charge is -2.13. The third kappa shape index (κ3) is 3.67. The van der Waals surface area contributed by atoms with Crippen molar-refractivity contribution in [3.63, 3.8) is 0 Å². The van der Waals surface area contributed by atoms with Gasteiger partial charge >= 0.3 is 0 Å². The minimum atomic E-state index is 0.757. The van der Waals surface area contributed by atoms with E-state index in [9.17, 15) is 0 Å². The Bertz CT molecular complexity index is 455. The summed E-state index contributed by atoms with van der Waals surface area (Å²) < 4.78 is 0. The van der Waals surface area contributed by atoms with Crippen LogP contribution in [0.1, 0.15) is 43.7 Å². The maximum absolute atomic E-state index is 3.68. The normalized spacial score (nSPS) is 26.5. The second kappa shape index (κ2) is 6.93. The van der Waals surface area contributed by atoms with E-state index in [0.717, 1.165) is 43.3 Å². The van der Waals surface area contributed by atoms with E-state index in [1.54, 1.807) is 11.1 Å². The van der Waals surface area contributed by atoms with Crippen molar-refractivity contribution in [3.05, 3.63) is 35.4 Å². The molecule has 0 radical (unpaired) electrons. The lowest BCUT2D eigenvalue weighted by atomic mass is 9.92. The molecule has 2 nitrogen and oxygen atoms in total. The number of hydrogen-bond donors (Lipinski definition) is 2. The summed E-state index contributed by atoms with van der Waals surface area (Å²) in [5.41, 5.74) is 3.26. The fraction of sp³-hybridized carbons (Fsp3) is 0.684. The molecule has 1 saturated carbocycles. The van der Waals surface area contributed by atoms with Gasteiger partial charge in [0.2, 0.25) is 0 Å². The number of hydrogen-bond acceptors (Lipinski definition) is 2. The molecule has 2 N–H and O–H groups in total. The lowest BCUT2D eigenvalue weighted by molar-refractivity contribution is 0.519. The Kier molecular flexibility index (Phi) is 4.97. The van der Waals surface area contributed by atoms with Gasteiger partial charge in [-0.2, -0.15) is 0 Å². The molecule has 1 fully saturated rings. The largest absolute Gasteiger partial charge is 0.316 e. The molecule has 0 aromatic heterocycles. The second-order valence-corrected chi connectivity index (χ2v) is 7.25. The molecule has 3 rings (SSSR count). The molecule has 2 aliphatic carbocycles. The summed E-state index contributed by atoms with van der Waals surface area (Å²) in [7, 11) is 0. The van der Waals surface area contributed by atoms with Gasteiger partial charge in [-0.3, -0.25) is 0 Å². The summed E-state index contributed by atoms with van der Waals surface area (Å²) in [6.07, 6.45) is 3.95. The lowest BCUT2D eigenvalue weighted by Crippen LogP contribution is -2.26. The quantitative estimate of drug-likeness (QED) is 0.717. The van der Waals surface area contributed by atoms with E-state index >= 15 is 0 Å². The van der Waals surface area contributed by atoms with Gasteiger partial charge in [-0.15, -0.1) is 0 Å². The van der Waals surface area contributed by atoms with Crippen LogP contribution in [0.25, 0.3) is 0 Å². The highest BCUT2D eigenvalue weighted by Gasteiger charge is 2.52. The highest BCUT2D eigenvalue weighted by Crippen LogP contribution is 2.59. The number of aryl methyl sites for hydroxylation is 1. The fourth-order valence-electron chi connectivity index (χ4n) is 3.99. The van der Waals surface area contributed by atoms with Gasteiger partial charge in [-0.25, -0.2) is 0 Å². The van der Waals surface area contributed by atoms with Crippen molar-refractivity contribution in [2.45, 2.75) is 39.0 Å². The van der Waals surface area contributed by atoms with Crippen LogP contribution < -0.4 is 10.6 Å². The van der Waals surface area contributed by atoms with Gasteiger partial charge in [0.25, 0.3) is 0 Å². The minimum absolute atomic E-state index is 0.757. The Labute approximate surface area is 129 Å². The van der Waals surface area contributed by atoms with Gasteiger partial charge in [0, 0.05) is 0 Å². The first-order valence-corrected chi connectivity index (χ1v) is 8.76. The third-order valence-corrected chi connectivity index (χ3v) is 5.13. The van der Waals surface area contributed by atoms with Crippen molar-refractivity contribution in [1.29, 1.82) is 0 Å². The summed E-state index contributed by atoms with van der Waals surface area (Å²) in [6, 6.07) is 9.10. The second-order valence-electron chi connectivity index (χ2n) is 7.25. The predicted octanol–water partition coefficient (Wildman–Crippen LogP) is 3.19. The first kappa shape index (κ1) is 15.1. The Morgan fingerprint density at radius 2 is 1.95 bits per heavy atom. The fourth-order valence-corrected chi connectivity index (χ4v) is 3.99. The summed E-state index contributed by atoms with van der Waals surface area (Å²) in [5.74, 6) is 3.48. The highest BCUT2D eigenvalue weighted by atomic mass is 14.9. The molecule has 0 bridgehead atoms. The van der Waals surface area contributed by atoms with E-state index in [2.05, 4.69) is 48.7 Å². The Balaban J connectivity index is 1.34. The van der Waals surface area contributed by atoms with Crippen LogP contribution in [0.4, 0.5) is 0 Å². The van der Waals surface area contributed by atoms with Crippen LogP contribution in [0.5, 0.6) is 0 Å². The van der Waals surface area contributed by atoms with Crippen molar-refractivity contribution >= 4 is 0 Å². The zero-order valence-corrected chi connectivity index (χ0v) is 13.6. The van der Waals surface area contributed by atoms with Crippen LogP contribution in [0.2, 0.25) is 0 Å². The van der Waals surface area contributed by atoms with E-state index < -0.39 is 0 Å². The smallest absolute Gasteiger partial charge is 0.00117 e. The van der Waals surface area contributed by atoms with E-state index in [4.69, 9.17) is 0 Å². The number of benzene rings is 1. The molecule has 2 heteroatoms. The predicted molar refractivity (Wildman–Crippen MR) is 89.7 cm³/mol. The Hall–Kier alpha value is -0.860. The molecule has 0 saturated heterocycles. The van der Waals surface area contributed by atoms with E-state index in [1.165, 1.54) is 25.8 Å². The molecule has 1 aromatic rings. The minimum Gasteiger partial charge on any atom is -0.316 e. The molecule has 0 aliphatic heterocycles. The van der Waals surface area contributed by atoms with Gasteiger partial charge in [-0.05, 0) is 80.2 Å². The molecule has 2 aliphatic rings.